The van der Waals surface area contributed by atoms with E-state index in [1.165, 1.54) is 25.7 Å². The highest BCUT2D eigenvalue weighted by atomic mass is 16.7. The fourth-order valence-corrected chi connectivity index (χ4v) is 5.38. The number of carbonyl (C=O) groups excluding carboxylic acids is 3. The number of hydrogen-bond acceptors (Lipinski definition) is 8. The van der Waals surface area contributed by atoms with Gasteiger partial charge in [0.15, 0.2) is 12.4 Å². The number of ether oxygens (including phenoxy) is 4. The molecule has 0 saturated carbocycles. The van der Waals surface area contributed by atoms with Gasteiger partial charge < -0.3 is 33.3 Å². The fraction of sp³-hybridized carbons (Fsp3) is 0.620. The first-order valence-electron chi connectivity index (χ1n) is 22.4. The van der Waals surface area contributed by atoms with Crippen LogP contribution in [0.25, 0.3) is 0 Å². The van der Waals surface area contributed by atoms with Crippen molar-refractivity contribution in [3.8, 4) is 0 Å². The molecule has 0 aliphatic rings. The van der Waals surface area contributed by atoms with E-state index >= 15 is 0 Å². The van der Waals surface area contributed by atoms with Crippen LogP contribution in [-0.2, 0) is 33.3 Å². The number of esters is 2. The molecule has 2 unspecified atom stereocenters. The van der Waals surface area contributed by atoms with Crippen molar-refractivity contribution in [3.63, 3.8) is 0 Å². The summed E-state index contributed by atoms with van der Waals surface area (Å²) < 4.78 is 22.4. The van der Waals surface area contributed by atoms with Crippen molar-refractivity contribution in [3.05, 3.63) is 97.2 Å². The molecule has 9 heteroatoms. The van der Waals surface area contributed by atoms with E-state index < -0.39 is 30.3 Å². The molecule has 0 aromatic heterocycles. The number of hydrogen-bond donors (Lipinski definition) is 0. The van der Waals surface area contributed by atoms with Gasteiger partial charge in [-0.1, -0.05) is 150 Å². The molecule has 0 saturated heterocycles. The van der Waals surface area contributed by atoms with Crippen LogP contribution in [0.1, 0.15) is 142 Å². The normalized spacial score (nSPS) is 13.8. The van der Waals surface area contributed by atoms with Gasteiger partial charge in [0, 0.05) is 6.42 Å². The molecule has 2 atom stereocenters. The Morgan fingerprint density at radius 2 is 1.02 bits per heavy atom. The maximum Gasteiger partial charge on any atom is 0.310 e. The number of quaternary nitrogens is 1. The van der Waals surface area contributed by atoms with E-state index in [2.05, 4.69) is 92.8 Å². The molecule has 0 bridgehead atoms. The first kappa shape index (κ1) is 55.2. The average Bonchev–Trinajstić information content (AvgIpc) is 3.19. The predicted octanol–water partition coefficient (Wildman–Crippen LogP) is 10.5. The van der Waals surface area contributed by atoms with Gasteiger partial charge in [0.1, 0.15) is 13.2 Å². The van der Waals surface area contributed by atoms with E-state index in [0.29, 0.717) is 23.9 Å². The summed E-state index contributed by atoms with van der Waals surface area (Å²) in [6.07, 6.45) is 50.4. The van der Waals surface area contributed by atoms with Crippen LogP contribution in [0.15, 0.2) is 97.2 Å². The van der Waals surface area contributed by atoms with Crippen LogP contribution in [0.3, 0.4) is 0 Å². The minimum Gasteiger partial charge on any atom is -0.545 e. The quantitative estimate of drug-likeness (QED) is 0.0198. The zero-order chi connectivity index (χ0) is 43.5. The summed E-state index contributed by atoms with van der Waals surface area (Å²) in [5.74, 6) is -2.49. The first-order chi connectivity index (χ1) is 28.6. The number of likely N-dealkylation sites (N-methyl/N-ethyl adjacent to an activating group) is 1. The van der Waals surface area contributed by atoms with Gasteiger partial charge in [-0.05, 0) is 77.0 Å². The Morgan fingerprint density at radius 3 is 1.53 bits per heavy atom. The van der Waals surface area contributed by atoms with Gasteiger partial charge in [0.05, 0.1) is 46.7 Å². The molecule has 0 heterocycles. The molecule has 0 aliphatic carbocycles. The second-order valence-corrected chi connectivity index (χ2v) is 15.6. The van der Waals surface area contributed by atoms with Gasteiger partial charge in [-0.15, -0.1) is 0 Å². The zero-order valence-corrected chi connectivity index (χ0v) is 37.6. The average molecular weight is 824 g/mol. The van der Waals surface area contributed by atoms with Crippen molar-refractivity contribution in [1.29, 1.82) is 0 Å². The molecule has 0 aromatic carbocycles. The second-order valence-electron chi connectivity index (χ2n) is 15.6. The molecule has 0 amide bonds. The summed E-state index contributed by atoms with van der Waals surface area (Å²) in [4.78, 5) is 36.9. The van der Waals surface area contributed by atoms with Crippen LogP contribution in [0, 0.1) is 0 Å². The molecule has 0 rings (SSSR count). The minimum atomic E-state index is -1.65. The van der Waals surface area contributed by atoms with Crippen molar-refractivity contribution in [2.45, 2.75) is 155 Å². The minimum absolute atomic E-state index is 0.00682. The highest BCUT2D eigenvalue weighted by Gasteiger charge is 2.21. The van der Waals surface area contributed by atoms with Crippen molar-refractivity contribution < 1.29 is 42.9 Å². The number of unbranched alkanes of at least 4 members (excludes halogenated alkanes) is 9. The van der Waals surface area contributed by atoms with Crippen LogP contribution in [0.4, 0.5) is 0 Å². The zero-order valence-electron chi connectivity index (χ0n) is 37.6. The van der Waals surface area contributed by atoms with Crippen LogP contribution in [-0.4, -0.2) is 82.3 Å². The Labute approximate surface area is 359 Å². The van der Waals surface area contributed by atoms with E-state index in [1.54, 1.807) is 6.08 Å². The maximum atomic E-state index is 12.7. The number of carboxylic acids is 1. The van der Waals surface area contributed by atoms with E-state index in [9.17, 15) is 19.5 Å². The SMILES string of the molecule is CC/C=C\C/C=C\C/C=C\C/C=C\C/C=C\CC(=O)OC(COC(=O)CCCCCCCC/C=C\C/C=C\C/C=C\CCCCC)COC(OCC[N+](C)(C)C)C(=O)[O-]. The van der Waals surface area contributed by atoms with Crippen molar-refractivity contribution in [1.82, 2.24) is 0 Å². The summed E-state index contributed by atoms with van der Waals surface area (Å²) in [5, 5.41) is 11.7. The Kier molecular flexibility index (Phi) is 38.3. The van der Waals surface area contributed by atoms with E-state index in [-0.39, 0.29) is 32.7 Å². The summed E-state index contributed by atoms with van der Waals surface area (Å²) in [6, 6.07) is 0. The molecule has 0 N–H and O–H groups in total. The topological polar surface area (TPSA) is 111 Å². The summed E-state index contributed by atoms with van der Waals surface area (Å²) >= 11 is 0. The molecule has 0 aromatic rings. The first-order valence-corrected chi connectivity index (χ1v) is 22.4. The Morgan fingerprint density at radius 1 is 0.542 bits per heavy atom. The molecule has 334 valence electrons. The van der Waals surface area contributed by atoms with Gasteiger partial charge >= 0.3 is 11.9 Å². The van der Waals surface area contributed by atoms with Gasteiger partial charge in [-0.2, -0.15) is 0 Å². The lowest BCUT2D eigenvalue weighted by molar-refractivity contribution is -0.870. The van der Waals surface area contributed by atoms with E-state index in [0.717, 1.165) is 77.0 Å². The lowest BCUT2D eigenvalue weighted by atomic mass is 10.1. The van der Waals surface area contributed by atoms with E-state index in [4.69, 9.17) is 18.9 Å². The molecule has 0 spiro atoms. The third kappa shape index (κ3) is 42.1. The monoisotopic (exact) mass is 824 g/mol. The number of carboxylic acid groups (broad SMARTS) is 1. The predicted molar refractivity (Wildman–Crippen MR) is 241 cm³/mol. The van der Waals surface area contributed by atoms with Crippen molar-refractivity contribution in [2.24, 2.45) is 0 Å². The molecular weight excluding hydrogens is 743 g/mol. The third-order valence-corrected chi connectivity index (χ3v) is 8.85. The van der Waals surface area contributed by atoms with Crippen molar-refractivity contribution in [2.75, 3.05) is 47.5 Å². The number of carbonyl (C=O) groups is 3. The summed E-state index contributed by atoms with van der Waals surface area (Å²) in [5.41, 5.74) is 0. The van der Waals surface area contributed by atoms with Gasteiger partial charge in [-0.3, -0.25) is 9.59 Å². The third-order valence-electron chi connectivity index (χ3n) is 8.85. The molecule has 0 aliphatic heterocycles. The maximum absolute atomic E-state index is 12.7. The number of rotatable bonds is 39. The Bertz CT molecular complexity index is 1280. The van der Waals surface area contributed by atoms with Crippen LogP contribution in [0.5, 0.6) is 0 Å². The molecule has 0 radical (unpaired) electrons. The van der Waals surface area contributed by atoms with Gasteiger partial charge in [0.25, 0.3) is 0 Å². The lowest BCUT2D eigenvalue weighted by Crippen LogP contribution is -2.44. The second kappa shape index (κ2) is 41.0. The highest BCUT2D eigenvalue weighted by Crippen LogP contribution is 2.11. The lowest BCUT2D eigenvalue weighted by Gasteiger charge is -2.26. The summed E-state index contributed by atoms with van der Waals surface area (Å²) in [6.45, 7) is 4.43. The Hall–Kier alpha value is -3.79. The fourth-order valence-electron chi connectivity index (χ4n) is 5.38. The summed E-state index contributed by atoms with van der Waals surface area (Å²) in [7, 11) is 5.86. The standard InChI is InChI=1S/C50H81NO8/c1-6-8-10-12-14-16-18-20-22-23-24-25-27-28-30-32-34-36-38-40-47(52)57-44-46(45-58-50(49(54)55)56-43-42-51(3,4)5)59-48(53)41-39-37-35-33-31-29-26-21-19-17-15-13-11-9-7-2/h9,11,14-17,20-22,24-26,31,33,37,39,46,50H,6-8,10,12-13,18-19,23,27-30,32,34-36,38,40-45H2,1-5H3/b11-9-,16-14-,17-15-,22-20-,25-24-,26-21-,33-31-,39-37-. The molecular formula is C50H81NO8. The highest BCUT2D eigenvalue weighted by molar-refractivity contribution is 5.71. The van der Waals surface area contributed by atoms with Gasteiger partial charge in [0.2, 0.25) is 0 Å². The molecule has 59 heavy (non-hydrogen) atoms. The largest absolute Gasteiger partial charge is 0.545 e. The van der Waals surface area contributed by atoms with Crippen LogP contribution in [0.2, 0.25) is 0 Å². The van der Waals surface area contributed by atoms with Crippen LogP contribution >= 0.6 is 0 Å². The van der Waals surface area contributed by atoms with Crippen LogP contribution < -0.4 is 5.11 Å². The smallest absolute Gasteiger partial charge is 0.310 e. The number of nitrogens with zero attached hydrogens (tertiary/aromatic N) is 1. The van der Waals surface area contributed by atoms with Gasteiger partial charge in [-0.25, -0.2) is 0 Å². The van der Waals surface area contributed by atoms with E-state index in [1.807, 2.05) is 33.3 Å². The molecule has 9 nitrogen and oxygen atoms in total. The van der Waals surface area contributed by atoms with Crippen molar-refractivity contribution >= 4 is 17.9 Å². The number of aliphatic carboxylic acids is 1. The number of allylic oxidation sites excluding steroid dienone is 15. The Balaban J connectivity index is 4.59. The molecule has 0 fully saturated rings.